The van der Waals surface area contributed by atoms with Crippen LogP contribution in [0.5, 0.6) is 0 Å². The molecule has 0 atom stereocenters. The number of aryl methyl sites for hydroxylation is 1. The molecule has 6 heteroatoms. The van der Waals surface area contributed by atoms with Crippen molar-refractivity contribution in [1.29, 1.82) is 0 Å². The third kappa shape index (κ3) is 3.81. The first kappa shape index (κ1) is 14.9. The Balaban J connectivity index is 1.59. The Kier molecular flexibility index (Phi) is 4.65. The van der Waals surface area contributed by atoms with Crippen LogP contribution >= 0.6 is 22.9 Å². The molecule has 0 bridgehead atoms. The van der Waals surface area contributed by atoms with E-state index in [1.165, 1.54) is 0 Å². The highest BCUT2D eigenvalue weighted by Crippen LogP contribution is 2.23. The Morgan fingerprint density at radius 2 is 1.95 bits per heavy atom. The number of hydrogen-bond donors (Lipinski definition) is 1. The molecule has 0 saturated heterocycles. The van der Waals surface area contributed by atoms with Gasteiger partial charge in [0.2, 0.25) is 0 Å². The average Bonchev–Trinajstić information content (AvgIpc) is 2.96. The quantitative estimate of drug-likeness (QED) is 0.712. The van der Waals surface area contributed by atoms with E-state index in [2.05, 4.69) is 37.8 Å². The molecule has 1 N–H and O–H groups in total. The van der Waals surface area contributed by atoms with Crippen molar-refractivity contribution in [2.45, 2.75) is 13.3 Å². The number of hydrogen-bond acceptors (Lipinski definition) is 5. The van der Waals surface area contributed by atoms with Gasteiger partial charge >= 0.3 is 0 Å². The number of aromatic nitrogens is 3. The highest BCUT2D eigenvalue weighted by atomic mass is 35.5. The zero-order chi connectivity index (χ0) is 15.4. The normalized spacial score (nSPS) is 10.6. The summed E-state index contributed by atoms with van der Waals surface area (Å²) in [6.45, 7) is 2.58. The molecule has 0 unspecified atom stereocenters. The van der Waals surface area contributed by atoms with Crippen LogP contribution in [0.2, 0.25) is 5.15 Å². The van der Waals surface area contributed by atoms with Gasteiger partial charge in [-0.3, -0.25) is 0 Å². The molecule has 2 aromatic heterocycles. The summed E-state index contributed by atoms with van der Waals surface area (Å²) >= 11 is 7.58. The average molecular weight is 331 g/mol. The van der Waals surface area contributed by atoms with E-state index in [-0.39, 0.29) is 0 Å². The van der Waals surface area contributed by atoms with Gasteiger partial charge in [0.25, 0.3) is 0 Å². The third-order valence-corrected chi connectivity index (χ3v) is 4.20. The molecule has 2 heterocycles. The number of halogens is 1. The van der Waals surface area contributed by atoms with E-state index < -0.39 is 0 Å². The second-order valence-corrected chi connectivity index (χ2v) is 6.06. The first-order valence-electron chi connectivity index (χ1n) is 6.95. The van der Waals surface area contributed by atoms with E-state index in [1.54, 1.807) is 17.4 Å². The Morgan fingerprint density at radius 1 is 1.14 bits per heavy atom. The molecule has 3 rings (SSSR count). The summed E-state index contributed by atoms with van der Waals surface area (Å²) in [6, 6.07) is 11.9. The van der Waals surface area contributed by atoms with Crippen molar-refractivity contribution >= 4 is 28.8 Å². The second-order valence-electron chi connectivity index (χ2n) is 4.81. The number of rotatable bonds is 5. The lowest BCUT2D eigenvalue weighted by molar-refractivity contribution is 0.956. The van der Waals surface area contributed by atoms with Gasteiger partial charge in [0.05, 0.1) is 5.69 Å². The van der Waals surface area contributed by atoms with Crippen molar-refractivity contribution in [2.75, 3.05) is 11.9 Å². The lowest BCUT2D eigenvalue weighted by Crippen LogP contribution is -2.07. The topological polar surface area (TPSA) is 50.7 Å². The van der Waals surface area contributed by atoms with Crippen LogP contribution in [0.15, 0.2) is 41.8 Å². The molecule has 0 saturated carbocycles. The predicted octanol–water partition coefficient (Wildman–Crippen LogP) is 4.22. The van der Waals surface area contributed by atoms with Gasteiger partial charge in [-0.15, -0.1) is 11.3 Å². The van der Waals surface area contributed by atoms with Crippen LogP contribution in [-0.4, -0.2) is 21.5 Å². The van der Waals surface area contributed by atoms with Gasteiger partial charge in [-0.25, -0.2) is 15.0 Å². The molecule has 112 valence electrons. The van der Waals surface area contributed by atoms with E-state index in [0.717, 1.165) is 35.0 Å². The summed E-state index contributed by atoms with van der Waals surface area (Å²) in [7, 11) is 0. The van der Waals surface area contributed by atoms with Gasteiger partial charge in [0, 0.05) is 30.0 Å². The van der Waals surface area contributed by atoms with Gasteiger partial charge < -0.3 is 5.32 Å². The molecule has 22 heavy (non-hydrogen) atoms. The second kappa shape index (κ2) is 6.85. The minimum absolute atomic E-state index is 0.454. The SMILES string of the molecule is Cc1nc(Cl)cc(NCCc2csc(-c3ccccc3)n2)n1. The molecule has 0 spiro atoms. The van der Waals surface area contributed by atoms with Crippen molar-refractivity contribution in [3.05, 3.63) is 58.4 Å². The Morgan fingerprint density at radius 3 is 2.73 bits per heavy atom. The van der Waals surface area contributed by atoms with Crippen LogP contribution < -0.4 is 5.32 Å². The summed E-state index contributed by atoms with van der Waals surface area (Å²) in [5.74, 6) is 1.41. The third-order valence-electron chi connectivity index (χ3n) is 3.07. The van der Waals surface area contributed by atoms with Crippen molar-refractivity contribution in [3.63, 3.8) is 0 Å². The van der Waals surface area contributed by atoms with Crippen molar-refractivity contribution in [3.8, 4) is 10.6 Å². The molecule has 3 aromatic rings. The van der Waals surface area contributed by atoms with Crippen molar-refractivity contribution in [1.82, 2.24) is 15.0 Å². The van der Waals surface area contributed by atoms with Crippen molar-refractivity contribution < 1.29 is 0 Å². The van der Waals surface area contributed by atoms with Gasteiger partial charge in [0.1, 0.15) is 21.8 Å². The maximum atomic E-state index is 5.92. The maximum absolute atomic E-state index is 5.92. The minimum Gasteiger partial charge on any atom is -0.370 e. The molecule has 0 amide bonds. The Bertz CT molecular complexity index is 738. The molecule has 1 aromatic carbocycles. The molecular formula is C16H15ClN4S. The van der Waals surface area contributed by atoms with E-state index in [9.17, 15) is 0 Å². The number of nitrogens with one attached hydrogen (secondary N) is 1. The molecular weight excluding hydrogens is 316 g/mol. The highest BCUT2D eigenvalue weighted by molar-refractivity contribution is 7.13. The van der Waals surface area contributed by atoms with Gasteiger partial charge in [-0.05, 0) is 6.92 Å². The maximum Gasteiger partial charge on any atom is 0.134 e. The van der Waals surface area contributed by atoms with Crippen LogP contribution in [0.3, 0.4) is 0 Å². The van der Waals surface area contributed by atoms with Crippen molar-refractivity contribution in [2.24, 2.45) is 0 Å². The van der Waals surface area contributed by atoms with Gasteiger partial charge in [-0.2, -0.15) is 0 Å². The summed E-state index contributed by atoms with van der Waals surface area (Å²) in [5.41, 5.74) is 2.23. The lowest BCUT2D eigenvalue weighted by Gasteiger charge is -2.05. The van der Waals surface area contributed by atoms with Crippen LogP contribution in [-0.2, 0) is 6.42 Å². The fourth-order valence-corrected chi connectivity index (χ4v) is 3.16. The van der Waals surface area contributed by atoms with Gasteiger partial charge in [-0.1, -0.05) is 41.9 Å². The van der Waals surface area contributed by atoms with Crippen LogP contribution in [0.4, 0.5) is 5.82 Å². The van der Waals surface area contributed by atoms with E-state index in [4.69, 9.17) is 11.6 Å². The Hall–Kier alpha value is -1.98. The van der Waals surface area contributed by atoms with E-state index in [0.29, 0.717) is 11.0 Å². The summed E-state index contributed by atoms with van der Waals surface area (Å²) in [6.07, 6.45) is 0.837. The smallest absolute Gasteiger partial charge is 0.134 e. The van der Waals surface area contributed by atoms with E-state index in [1.807, 2.05) is 25.1 Å². The zero-order valence-corrected chi connectivity index (χ0v) is 13.7. The molecule has 4 nitrogen and oxygen atoms in total. The zero-order valence-electron chi connectivity index (χ0n) is 12.1. The van der Waals surface area contributed by atoms with Gasteiger partial charge in [0.15, 0.2) is 0 Å². The standard InChI is InChI=1S/C16H15ClN4S/c1-11-19-14(17)9-15(20-11)18-8-7-13-10-22-16(21-13)12-5-3-2-4-6-12/h2-6,9-10H,7-8H2,1H3,(H,18,19,20). The molecule has 0 aliphatic carbocycles. The molecule has 0 aliphatic rings. The number of thiazole rings is 1. The first-order valence-corrected chi connectivity index (χ1v) is 8.21. The molecule has 0 fully saturated rings. The van der Waals surface area contributed by atoms with Crippen LogP contribution in [0, 0.1) is 6.92 Å². The Labute approximate surface area is 138 Å². The van der Waals surface area contributed by atoms with Crippen LogP contribution in [0.1, 0.15) is 11.5 Å². The lowest BCUT2D eigenvalue weighted by atomic mass is 10.2. The predicted molar refractivity (Wildman–Crippen MR) is 91.5 cm³/mol. The summed E-state index contributed by atoms with van der Waals surface area (Å²) in [4.78, 5) is 13.0. The number of benzene rings is 1. The van der Waals surface area contributed by atoms with Crippen LogP contribution in [0.25, 0.3) is 10.6 Å². The molecule has 0 aliphatic heterocycles. The van der Waals surface area contributed by atoms with E-state index >= 15 is 0 Å². The summed E-state index contributed by atoms with van der Waals surface area (Å²) < 4.78 is 0. The monoisotopic (exact) mass is 330 g/mol. The molecule has 0 radical (unpaired) electrons. The fourth-order valence-electron chi connectivity index (χ4n) is 2.08. The minimum atomic E-state index is 0.454. The number of anilines is 1. The fraction of sp³-hybridized carbons (Fsp3) is 0.188. The highest BCUT2D eigenvalue weighted by Gasteiger charge is 2.05. The largest absolute Gasteiger partial charge is 0.370 e. The summed E-state index contributed by atoms with van der Waals surface area (Å²) in [5, 5.41) is 6.86. The number of nitrogens with zero attached hydrogens (tertiary/aromatic N) is 3. The first-order chi connectivity index (χ1) is 10.7.